The van der Waals surface area contributed by atoms with Crippen molar-refractivity contribution in [1.29, 1.82) is 0 Å². The van der Waals surface area contributed by atoms with Gasteiger partial charge in [-0.05, 0) is 42.7 Å². The second kappa shape index (κ2) is 8.03. The molecule has 1 fully saturated rings. The third-order valence-electron chi connectivity index (χ3n) is 6.18. The van der Waals surface area contributed by atoms with Gasteiger partial charge in [0.1, 0.15) is 16.9 Å². The van der Waals surface area contributed by atoms with E-state index in [0.29, 0.717) is 29.7 Å². The predicted molar refractivity (Wildman–Crippen MR) is 119 cm³/mol. The fourth-order valence-corrected chi connectivity index (χ4v) is 4.39. The molecule has 1 saturated carbocycles. The van der Waals surface area contributed by atoms with Gasteiger partial charge in [-0.3, -0.25) is 4.79 Å². The van der Waals surface area contributed by atoms with E-state index in [4.69, 9.17) is 0 Å². The van der Waals surface area contributed by atoms with Crippen molar-refractivity contribution in [3.8, 4) is 22.5 Å². The van der Waals surface area contributed by atoms with Gasteiger partial charge in [-0.1, -0.05) is 49.2 Å². The Bertz CT molecular complexity index is 1310. The summed E-state index contributed by atoms with van der Waals surface area (Å²) in [5.74, 6) is -0.821. The van der Waals surface area contributed by atoms with E-state index >= 15 is 0 Å². The lowest BCUT2D eigenvalue weighted by Crippen LogP contribution is -2.57. The average molecular weight is 450 g/mol. The number of nitrogens with one attached hydrogen (secondary N) is 2. The highest BCUT2D eigenvalue weighted by molar-refractivity contribution is 5.93. The monoisotopic (exact) mass is 450 g/mol. The van der Waals surface area contributed by atoms with Gasteiger partial charge in [0.25, 0.3) is 5.91 Å². The number of hydrogen-bond donors (Lipinski definition) is 2. The largest absolute Gasteiger partial charge is 0.411 e. The van der Waals surface area contributed by atoms with Crippen LogP contribution in [0.15, 0.2) is 66.9 Å². The maximum absolute atomic E-state index is 13.7. The maximum Gasteiger partial charge on any atom is 0.411 e. The summed E-state index contributed by atoms with van der Waals surface area (Å²) in [5, 5.41) is 3.10. The van der Waals surface area contributed by atoms with E-state index in [2.05, 4.69) is 20.3 Å². The number of carbonyl (C=O) groups is 1. The highest BCUT2D eigenvalue weighted by Crippen LogP contribution is 2.43. The number of aromatic nitrogens is 3. The van der Waals surface area contributed by atoms with E-state index in [1.165, 1.54) is 6.07 Å². The van der Waals surface area contributed by atoms with Crippen LogP contribution in [0.3, 0.4) is 0 Å². The lowest BCUT2D eigenvalue weighted by atomic mass is 9.96. The van der Waals surface area contributed by atoms with Crippen LogP contribution in [-0.4, -0.2) is 32.6 Å². The molecule has 1 aliphatic carbocycles. The van der Waals surface area contributed by atoms with E-state index < -0.39 is 17.6 Å². The number of aromatic amines is 1. The topological polar surface area (TPSA) is 70.7 Å². The molecule has 0 aliphatic heterocycles. The quantitative estimate of drug-likeness (QED) is 0.407. The highest BCUT2D eigenvalue weighted by atomic mass is 19.4. The number of hydrogen-bond acceptors (Lipinski definition) is 3. The van der Waals surface area contributed by atoms with Gasteiger partial charge in [-0.2, -0.15) is 13.2 Å². The summed E-state index contributed by atoms with van der Waals surface area (Å²) in [6.07, 6.45) is -2.23. The molecular formula is C25H21F3N4O. The predicted octanol–water partition coefficient (Wildman–Crippen LogP) is 5.90. The van der Waals surface area contributed by atoms with E-state index in [0.717, 1.165) is 16.6 Å². The number of fused-ring (bicyclic) bond motifs is 1. The van der Waals surface area contributed by atoms with Crippen LogP contribution in [0, 0.1) is 0 Å². The van der Waals surface area contributed by atoms with Gasteiger partial charge < -0.3 is 10.3 Å². The van der Waals surface area contributed by atoms with Crippen LogP contribution in [0.25, 0.3) is 33.5 Å². The first-order chi connectivity index (χ1) is 15.8. The van der Waals surface area contributed by atoms with Gasteiger partial charge in [0.15, 0.2) is 0 Å². The molecular weight excluding hydrogens is 429 g/mol. The minimum atomic E-state index is -4.50. The van der Waals surface area contributed by atoms with Crippen molar-refractivity contribution in [1.82, 2.24) is 20.3 Å². The average Bonchev–Trinajstić information content (AvgIpc) is 3.47. The fourth-order valence-electron chi connectivity index (χ4n) is 4.39. The number of benzene rings is 1. The zero-order chi connectivity index (χ0) is 23.1. The number of halogens is 3. The van der Waals surface area contributed by atoms with Crippen LogP contribution in [0.2, 0.25) is 0 Å². The Morgan fingerprint density at radius 3 is 2.45 bits per heavy atom. The molecule has 5 rings (SSSR count). The van der Waals surface area contributed by atoms with E-state index in [9.17, 15) is 18.0 Å². The lowest BCUT2D eigenvalue weighted by Gasteiger charge is -2.32. The third-order valence-corrected chi connectivity index (χ3v) is 6.18. The Labute approximate surface area is 188 Å². The molecule has 1 aromatic carbocycles. The van der Waals surface area contributed by atoms with Crippen LogP contribution >= 0.6 is 0 Å². The molecule has 0 saturated heterocycles. The van der Waals surface area contributed by atoms with E-state index in [1.54, 1.807) is 18.3 Å². The van der Waals surface area contributed by atoms with Crippen molar-refractivity contribution in [3.63, 3.8) is 0 Å². The lowest BCUT2D eigenvalue weighted by molar-refractivity contribution is -0.191. The highest BCUT2D eigenvalue weighted by Gasteiger charge is 2.56. The molecule has 0 atom stereocenters. The number of pyridine rings is 2. The van der Waals surface area contributed by atoms with Crippen molar-refractivity contribution >= 4 is 16.9 Å². The molecule has 0 radical (unpaired) electrons. The van der Waals surface area contributed by atoms with Crippen molar-refractivity contribution in [2.24, 2.45) is 0 Å². The summed E-state index contributed by atoms with van der Waals surface area (Å²) in [5.41, 5.74) is 1.56. The van der Waals surface area contributed by atoms with Crippen molar-refractivity contribution in [2.75, 3.05) is 0 Å². The summed E-state index contributed by atoms with van der Waals surface area (Å²) < 4.78 is 41.0. The van der Waals surface area contributed by atoms with Gasteiger partial charge in [0.2, 0.25) is 0 Å². The Hall–Kier alpha value is -3.68. The molecule has 3 heterocycles. The molecule has 0 bridgehead atoms. The summed E-state index contributed by atoms with van der Waals surface area (Å²) in [7, 11) is 0. The molecule has 4 aromatic rings. The van der Waals surface area contributed by atoms with Crippen LogP contribution in [0.1, 0.15) is 36.2 Å². The standard InChI is InChI=1S/C25H21F3N4O/c26-25(27,28)24(11-4-5-12-24)32-23(33)20-10-6-9-19(30-20)18-13-17-14-21(31-22(17)29-15-18)16-7-2-1-3-8-16/h1-3,6-10,13-15H,4-5,11-12H2,(H,29,31)(H,32,33). The number of H-pyrrole nitrogens is 1. The summed E-state index contributed by atoms with van der Waals surface area (Å²) >= 11 is 0. The molecule has 1 aliphatic rings. The molecule has 0 unspecified atom stereocenters. The normalized spacial score (nSPS) is 15.6. The van der Waals surface area contributed by atoms with Crippen LogP contribution in [-0.2, 0) is 0 Å². The zero-order valence-electron chi connectivity index (χ0n) is 17.6. The Balaban J connectivity index is 1.43. The van der Waals surface area contributed by atoms with Crippen LogP contribution < -0.4 is 5.32 Å². The Morgan fingerprint density at radius 2 is 1.73 bits per heavy atom. The smallest absolute Gasteiger partial charge is 0.339 e. The van der Waals surface area contributed by atoms with Gasteiger partial charge in [0, 0.05) is 22.8 Å². The third kappa shape index (κ3) is 3.97. The second-order valence-corrected chi connectivity index (χ2v) is 8.36. The Kier molecular flexibility index (Phi) is 5.15. The van der Waals surface area contributed by atoms with Gasteiger partial charge in [-0.25, -0.2) is 9.97 Å². The minimum Gasteiger partial charge on any atom is -0.339 e. The summed E-state index contributed by atoms with van der Waals surface area (Å²) in [6, 6.07) is 18.5. The molecule has 1 amide bonds. The summed E-state index contributed by atoms with van der Waals surface area (Å²) in [4.78, 5) is 24.8. The first-order valence-electron chi connectivity index (χ1n) is 10.8. The Morgan fingerprint density at radius 1 is 0.970 bits per heavy atom. The van der Waals surface area contributed by atoms with Crippen molar-refractivity contribution < 1.29 is 18.0 Å². The molecule has 168 valence electrons. The van der Waals surface area contributed by atoms with Crippen LogP contribution in [0.4, 0.5) is 13.2 Å². The van der Waals surface area contributed by atoms with E-state index in [1.807, 2.05) is 42.5 Å². The van der Waals surface area contributed by atoms with Gasteiger partial charge in [0.05, 0.1) is 5.69 Å². The fraction of sp³-hybridized carbons (Fsp3) is 0.240. The van der Waals surface area contributed by atoms with E-state index in [-0.39, 0.29) is 18.5 Å². The number of alkyl halides is 3. The molecule has 5 nitrogen and oxygen atoms in total. The minimum absolute atomic E-state index is 0.0536. The van der Waals surface area contributed by atoms with Crippen molar-refractivity contribution in [2.45, 2.75) is 37.4 Å². The second-order valence-electron chi connectivity index (χ2n) is 8.36. The molecule has 33 heavy (non-hydrogen) atoms. The van der Waals surface area contributed by atoms with Crippen LogP contribution in [0.5, 0.6) is 0 Å². The number of rotatable bonds is 4. The maximum atomic E-state index is 13.7. The number of nitrogens with zero attached hydrogens (tertiary/aromatic N) is 2. The molecule has 3 aromatic heterocycles. The summed E-state index contributed by atoms with van der Waals surface area (Å²) in [6.45, 7) is 0. The van der Waals surface area contributed by atoms with Gasteiger partial charge >= 0.3 is 6.18 Å². The SMILES string of the molecule is O=C(NC1(C(F)(F)F)CCCC1)c1cccc(-c2cnc3[nH]c(-c4ccccc4)cc3c2)n1. The van der Waals surface area contributed by atoms with Gasteiger partial charge in [-0.15, -0.1) is 0 Å². The van der Waals surface area contributed by atoms with Crippen molar-refractivity contribution in [3.05, 3.63) is 72.6 Å². The molecule has 2 N–H and O–H groups in total. The first kappa shape index (κ1) is 21.2. The number of carbonyl (C=O) groups excluding carboxylic acids is 1. The molecule has 0 spiro atoms. The zero-order valence-corrected chi connectivity index (χ0v) is 17.6. The first-order valence-corrected chi connectivity index (χ1v) is 10.8. The number of amides is 1. The molecule has 8 heteroatoms.